The van der Waals surface area contributed by atoms with E-state index in [4.69, 9.17) is 15.6 Å². The first-order valence-electron chi connectivity index (χ1n) is 7.13. The molecule has 0 fully saturated rings. The topological polar surface area (TPSA) is 102 Å². The first kappa shape index (κ1) is 17.6. The summed E-state index contributed by atoms with van der Waals surface area (Å²) < 4.78 is 18.2. The van der Waals surface area contributed by atoms with E-state index in [-0.39, 0.29) is 18.1 Å². The molecule has 0 heterocycles. The number of aliphatic carboxylic acids is 1. The van der Waals surface area contributed by atoms with Crippen LogP contribution in [0.15, 0.2) is 11.6 Å². The van der Waals surface area contributed by atoms with Crippen LogP contribution in [-0.4, -0.2) is 47.9 Å². The molecular formula is C14H23FN2O4. The summed E-state index contributed by atoms with van der Waals surface area (Å²) in [7, 11) is 0. The molecule has 21 heavy (non-hydrogen) atoms. The van der Waals surface area contributed by atoms with Crippen LogP contribution in [0.25, 0.3) is 0 Å². The zero-order chi connectivity index (χ0) is 16.0. The lowest BCUT2D eigenvalue weighted by Gasteiger charge is -2.36. The van der Waals surface area contributed by atoms with Gasteiger partial charge in [0.25, 0.3) is 5.91 Å². The van der Waals surface area contributed by atoms with Gasteiger partial charge in [0.15, 0.2) is 6.67 Å². The number of nitrogens with one attached hydrogen (secondary N) is 1. The van der Waals surface area contributed by atoms with Gasteiger partial charge in [-0.05, 0) is 25.3 Å². The van der Waals surface area contributed by atoms with Gasteiger partial charge in [0, 0.05) is 11.6 Å². The molecule has 1 rings (SSSR count). The molecule has 0 saturated heterocycles. The fourth-order valence-corrected chi connectivity index (χ4v) is 2.39. The Morgan fingerprint density at radius 1 is 1.52 bits per heavy atom. The molecule has 7 heteroatoms. The number of amides is 1. The molecule has 0 spiro atoms. The average molecular weight is 302 g/mol. The number of hydrogen-bond acceptors (Lipinski definition) is 4. The first-order chi connectivity index (χ1) is 9.92. The largest absolute Gasteiger partial charge is 0.478 e. The van der Waals surface area contributed by atoms with Gasteiger partial charge >= 0.3 is 5.97 Å². The van der Waals surface area contributed by atoms with Crippen LogP contribution in [-0.2, 0) is 14.3 Å². The Balaban J connectivity index is 2.96. The van der Waals surface area contributed by atoms with E-state index in [1.165, 1.54) is 6.08 Å². The highest BCUT2D eigenvalue weighted by molar-refractivity contribution is 5.87. The number of hydrogen-bond donors (Lipinski definition) is 3. The molecule has 1 amide bonds. The Labute approximate surface area is 123 Å². The maximum Gasteiger partial charge on any atom is 0.331 e. The second-order valence-corrected chi connectivity index (χ2v) is 5.13. The molecule has 120 valence electrons. The molecule has 0 aromatic heterocycles. The lowest BCUT2D eigenvalue weighted by Crippen LogP contribution is -2.57. The number of carbonyl (C=O) groups excluding carboxylic acids is 1. The van der Waals surface area contributed by atoms with Gasteiger partial charge in [0.05, 0.1) is 18.2 Å². The molecule has 0 aliphatic heterocycles. The van der Waals surface area contributed by atoms with Crippen LogP contribution in [0.1, 0.15) is 33.1 Å². The molecule has 4 N–H and O–H groups in total. The average Bonchev–Trinajstić information content (AvgIpc) is 2.46. The van der Waals surface area contributed by atoms with E-state index >= 15 is 0 Å². The van der Waals surface area contributed by atoms with Gasteiger partial charge < -0.3 is 20.9 Å². The van der Waals surface area contributed by atoms with Gasteiger partial charge in [-0.3, -0.25) is 4.79 Å². The number of carboxylic acid groups (broad SMARTS) is 1. The van der Waals surface area contributed by atoms with Gasteiger partial charge in [-0.2, -0.15) is 0 Å². The number of nitrogens with two attached hydrogens (primary N) is 1. The van der Waals surface area contributed by atoms with Crippen molar-refractivity contribution in [3.8, 4) is 0 Å². The highest BCUT2D eigenvalue weighted by Crippen LogP contribution is 2.23. The minimum Gasteiger partial charge on any atom is -0.478 e. The summed E-state index contributed by atoms with van der Waals surface area (Å²) in [5, 5.41) is 11.6. The predicted molar refractivity (Wildman–Crippen MR) is 75.5 cm³/mol. The van der Waals surface area contributed by atoms with Crippen LogP contribution in [0.2, 0.25) is 0 Å². The summed E-state index contributed by atoms with van der Waals surface area (Å²) in [6, 6.07) is -1.26. The zero-order valence-corrected chi connectivity index (χ0v) is 12.3. The molecule has 0 aromatic carbocycles. The molecule has 0 bridgehead atoms. The molecule has 3 atom stereocenters. The lowest BCUT2D eigenvalue weighted by atomic mass is 9.88. The number of alkyl halides is 1. The van der Waals surface area contributed by atoms with Crippen LogP contribution in [0.3, 0.4) is 0 Å². The number of carboxylic acids is 1. The zero-order valence-electron chi connectivity index (χ0n) is 12.3. The quantitative estimate of drug-likeness (QED) is 0.644. The molecule has 6 nitrogen and oxygen atoms in total. The van der Waals surface area contributed by atoms with Crippen molar-refractivity contribution in [1.82, 2.24) is 5.32 Å². The third kappa shape index (κ3) is 4.78. The minimum absolute atomic E-state index is 0.0728. The summed E-state index contributed by atoms with van der Waals surface area (Å²) in [6.45, 7) is 2.76. The summed E-state index contributed by atoms with van der Waals surface area (Å²) in [6.07, 6.45) is 2.34. The summed E-state index contributed by atoms with van der Waals surface area (Å²) in [5.41, 5.74) is 6.09. The van der Waals surface area contributed by atoms with Crippen LogP contribution >= 0.6 is 0 Å². The maximum absolute atomic E-state index is 12.4. The Hall–Kier alpha value is -1.47. The van der Waals surface area contributed by atoms with E-state index in [0.29, 0.717) is 0 Å². The van der Waals surface area contributed by atoms with Crippen molar-refractivity contribution in [2.24, 2.45) is 5.73 Å². The van der Waals surface area contributed by atoms with Gasteiger partial charge in [0.2, 0.25) is 0 Å². The number of halogens is 1. The summed E-state index contributed by atoms with van der Waals surface area (Å²) in [5.74, 6) is -1.83. The van der Waals surface area contributed by atoms with Crippen molar-refractivity contribution < 1.29 is 23.8 Å². The van der Waals surface area contributed by atoms with Gasteiger partial charge in [-0.15, -0.1) is 0 Å². The number of carbonyl (C=O) groups is 2. The standard InChI is InChI=1S/C14H23FN2O4/c1-3-9(4-2)21-11-6-8(14(19)20)5-10(16)13(11)17-12(18)7-15/h6,9-11,13H,3-5,7,16H2,1-2H3,(H,17,18)(H,19,20)/t10-,11+,13+/m0/s1. The minimum atomic E-state index is -1.14. The Morgan fingerprint density at radius 3 is 2.62 bits per heavy atom. The van der Waals surface area contributed by atoms with Gasteiger partial charge in [-0.25, -0.2) is 9.18 Å². The Bertz CT molecular complexity index is 410. The molecular weight excluding hydrogens is 279 g/mol. The van der Waals surface area contributed by atoms with Gasteiger partial charge in [0.1, 0.15) is 0 Å². The summed E-state index contributed by atoms with van der Waals surface area (Å²) >= 11 is 0. The molecule has 0 unspecified atom stereocenters. The van der Waals surface area contributed by atoms with Crippen LogP contribution in [0.5, 0.6) is 0 Å². The lowest BCUT2D eigenvalue weighted by molar-refractivity contribution is -0.133. The second-order valence-electron chi connectivity index (χ2n) is 5.13. The highest BCUT2D eigenvalue weighted by Gasteiger charge is 2.35. The van der Waals surface area contributed by atoms with E-state index in [1.807, 2.05) is 13.8 Å². The smallest absolute Gasteiger partial charge is 0.331 e. The monoisotopic (exact) mass is 302 g/mol. The summed E-state index contributed by atoms with van der Waals surface area (Å²) in [4.78, 5) is 22.4. The van der Waals surface area contributed by atoms with Crippen LogP contribution in [0.4, 0.5) is 4.39 Å². The predicted octanol–water partition coefficient (Wildman–Crippen LogP) is 0.757. The van der Waals surface area contributed by atoms with E-state index < -0.39 is 36.7 Å². The third-order valence-electron chi connectivity index (χ3n) is 3.62. The third-order valence-corrected chi connectivity index (χ3v) is 3.62. The van der Waals surface area contributed by atoms with Crippen LogP contribution in [0, 0.1) is 0 Å². The van der Waals surface area contributed by atoms with E-state index in [9.17, 15) is 14.0 Å². The van der Waals surface area contributed by atoms with E-state index in [2.05, 4.69) is 5.32 Å². The second kappa shape index (κ2) is 8.09. The molecule has 0 saturated carbocycles. The highest BCUT2D eigenvalue weighted by atomic mass is 19.1. The maximum atomic E-state index is 12.4. The SMILES string of the molecule is CCC(CC)O[C@@H]1C=C(C(=O)O)C[C@H](N)[C@H]1NC(=O)CF. The van der Waals surface area contributed by atoms with Crippen LogP contribution < -0.4 is 11.1 Å². The number of rotatable bonds is 7. The van der Waals surface area contributed by atoms with E-state index in [0.717, 1.165) is 12.8 Å². The normalized spacial score (nSPS) is 25.6. The Kier molecular flexibility index (Phi) is 6.77. The molecule has 1 aliphatic rings. The molecule has 0 aromatic rings. The number of ether oxygens (including phenoxy) is 1. The van der Waals surface area contributed by atoms with Crippen molar-refractivity contribution in [3.05, 3.63) is 11.6 Å². The van der Waals surface area contributed by atoms with Crippen molar-refractivity contribution >= 4 is 11.9 Å². The molecule has 1 aliphatic carbocycles. The fraction of sp³-hybridized carbons (Fsp3) is 0.714. The van der Waals surface area contributed by atoms with E-state index in [1.54, 1.807) is 0 Å². The van der Waals surface area contributed by atoms with Crippen molar-refractivity contribution in [1.29, 1.82) is 0 Å². The van der Waals surface area contributed by atoms with Crippen molar-refractivity contribution in [3.63, 3.8) is 0 Å². The van der Waals surface area contributed by atoms with Crippen molar-refractivity contribution in [2.75, 3.05) is 6.67 Å². The molecule has 0 radical (unpaired) electrons. The first-order valence-corrected chi connectivity index (χ1v) is 7.13. The Morgan fingerprint density at radius 2 is 2.14 bits per heavy atom. The van der Waals surface area contributed by atoms with Crippen molar-refractivity contribution in [2.45, 2.75) is 57.4 Å². The fourth-order valence-electron chi connectivity index (χ4n) is 2.39. The van der Waals surface area contributed by atoms with Gasteiger partial charge in [-0.1, -0.05) is 13.8 Å².